The number of methoxy groups -OCH3 is 1. The molecule has 3 unspecified atom stereocenters. The van der Waals surface area contributed by atoms with Crippen molar-refractivity contribution in [3.8, 4) is 5.75 Å². The van der Waals surface area contributed by atoms with Crippen molar-refractivity contribution < 1.29 is 14.3 Å². The van der Waals surface area contributed by atoms with Crippen molar-refractivity contribution in [1.82, 2.24) is 10.2 Å². The number of hydrogen-bond donors (Lipinski definition) is 1. The average Bonchev–Trinajstić information content (AvgIpc) is 2.75. The van der Waals surface area contributed by atoms with Gasteiger partial charge in [-0.3, -0.25) is 0 Å². The maximum atomic E-state index is 13.1. The minimum Gasteiger partial charge on any atom is -0.497 e. The van der Waals surface area contributed by atoms with E-state index >= 15 is 0 Å². The van der Waals surface area contributed by atoms with E-state index in [9.17, 15) is 4.79 Å². The van der Waals surface area contributed by atoms with Gasteiger partial charge in [0.25, 0.3) is 0 Å². The van der Waals surface area contributed by atoms with Crippen molar-refractivity contribution in [3.63, 3.8) is 0 Å². The molecule has 2 aromatic rings. The lowest BCUT2D eigenvalue weighted by Gasteiger charge is -2.47. The SMILES string of the molecule is CNC1CCC(OC(=O)c2ccccc2)(c2cccc(OC)c2)C(CN(C)C)C1. The molecule has 3 atom stereocenters. The minimum atomic E-state index is -0.695. The van der Waals surface area contributed by atoms with Gasteiger partial charge in [-0.05, 0) is 70.2 Å². The van der Waals surface area contributed by atoms with Crippen molar-refractivity contribution in [3.05, 3.63) is 65.7 Å². The number of ether oxygens (including phenoxy) is 2. The zero-order valence-electron chi connectivity index (χ0n) is 17.9. The van der Waals surface area contributed by atoms with Crippen LogP contribution in [0.1, 0.15) is 35.2 Å². The molecular weight excluding hydrogens is 364 g/mol. The number of nitrogens with one attached hydrogen (secondary N) is 1. The zero-order valence-corrected chi connectivity index (χ0v) is 17.9. The van der Waals surface area contributed by atoms with Gasteiger partial charge in [-0.2, -0.15) is 0 Å². The average molecular weight is 397 g/mol. The van der Waals surface area contributed by atoms with Gasteiger partial charge < -0.3 is 19.7 Å². The van der Waals surface area contributed by atoms with E-state index in [1.54, 1.807) is 7.11 Å². The Labute approximate surface area is 174 Å². The normalized spacial score (nSPS) is 24.3. The fourth-order valence-electron chi connectivity index (χ4n) is 4.43. The smallest absolute Gasteiger partial charge is 0.339 e. The third-order valence-corrected chi connectivity index (χ3v) is 5.93. The summed E-state index contributed by atoms with van der Waals surface area (Å²) in [6, 6.07) is 17.6. The Morgan fingerprint density at radius 1 is 1.17 bits per heavy atom. The summed E-state index contributed by atoms with van der Waals surface area (Å²) in [5, 5.41) is 3.42. The Hall–Kier alpha value is -2.37. The molecular formula is C24H32N2O3. The number of nitrogens with zero attached hydrogens (tertiary/aromatic N) is 1. The molecule has 0 heterocycles. The molecule has 1 fully saturated rings. The second kappa shape index (κ2) is 9.42. The first-order chi connectivity index (χ1) is 14.0. The zero-order chi connectivity index (χ0) is 20.9. The van der Waals surface area contributed by atoms with E-state index in [-0.39, 0.29) is 11.9 Å². The summed E-state index contributed by atoms with van der Waals surface area (Å²) in [4.78, 5) is 15.3. The van der Waals surface area contributed by atoms with Gasteiger partial charge >= 0.3 is 5.97 Å². The van der Waals surface area contributed by atoms with Crippen LogP contribution in [0.15, 0.2) is 54.6 Å². The van der Waals surface area contributed by atoms with Crippen LogP contribution in [0, 0.1) is 5.92 Å². The van der Waals surface area contributed by atoms with Gasteiger partial charge in [0.1, 0.15) is 11.4 Å². The van der Waals surface area contributed by atoms with E-state index < -0.39 is 5.60 Å². The van der Waals surface area contributed by atoms with E-state index in [1.807, 2.05) is 55.6 Å². The fraction of sp³-hybridized carbons (Fsp3) is 0.458. The molecule has 0 aliphatic heterocycles. The molecule has 0 bridgehead atoms. The molecule has 0 spiro atoms. The van der Waals surface area contributed by atoms with Gasteiger partial charge in [0.2, 0.25) is 0 Å². The summed E-state index contributed by atoms with van der Waals surface area (Å²) in [5.41, 5.74) is 0.885. The van der Waals surface area contributed by atoms with Crippen LogP contribution in [0.5, 0.6) is 5.75 Å². The van der Waals surface area contributed by atoms with Crippen LogP contribution in [-0.2, 0) is 10.3 Å². The van der Waals surface area contributed by atoms with Crippen molar-refractivity contribution in [2.45, 2.75) is 30.9 Å². The molecule has 0 saturated heterocycles. The number of carbonyl (C=O) groups is 1. The highest BCUT2D eigenvalue weighted by Gasteiger charge is 2.48. The summed E-state index contributed by atoms with van der Waals surface area (Å²) < 4.78 is 11.9. The van der Waals surface area contributed by atoms with Crippen molar-refractivity contribution in [2.75, 3.05) is 34.8 Å². The standard InChI is InChI=1S/C24H32N2O3/c1-25-21-13-14-24(20(15-21)17-26(2)3,19-11-8-12-22(16-19)28-4)29-23(27)18-9-6-5-7-10-18/h5-12,16,20-21,25H,13-15,17H2,1-4H3. The fourth-order valence-corrected chi connectivity index (χ4v) is 4.43. The van der Waals surface area contributed by atoms with Crippen LogP contribution in [0.4, 0.5) is 0 Å². The van der Waals surface area contributed by atoms with Crippen LogP contribution in [0.25, 0.3) is 0 Å². The summed E-state index contributed by atoms with van der Waals surface area (Å²) >= 11 is 0. The molecule has 0 radical (unpaired) electrons. The first kappa shape index (κ1) is 21.3. The van der Waals surface area contributed by atoms with Crippen LogP contribution in [-0.4, -0.2) is 51.7 Å². The summed E-state index contributed by atoms with van der Waals surface area (Å²) in [6.45, 7) is 0.831. The van der Waals surface area contributed by atoms with Gasteiger partial charge in [0.05, 0.1) is 12.7 Å². The van der Waals surface area contributed by atoms with E-state index in [0.29, 0.717) is 11.6 Å². The third kappa shape index (κ3) is 4.80. The van der Waals surface area contributed by atoms with Crippen molar-refractivity contribution in [2.24, 2.45) is 5.92 Å². The number of esters is 1. The molecule has 156 valence electrons. The number of rotatable bonds is 7. The van der Waals surface area contributed by atoms with E-state index in [0.717, 1.165) is 37.1 Å². The quantitative estimate of drug-likeness (QED) is 0.724. The molecule has 3 rings (SSSR count). The summed E-state index contributed by atoms with van der Waals surface area (Å²) in [6.07, 6.45) is 2.65. The highest BCUT2D eigenvalue weighted by Crippen LogP contribution is 2.46. The van der Waals surface area contributed by atoms with Crippen molar-refractivity contribution >= 4 is 5.97 Å². The molecule has 1 N–H and O–H groups in total. The second-order valence-corrected chi connectivity index (χ2v) is 8.10. The largest absolute Gasteiger partial charge is 0.497 e. The van der Waals surface area contributed by atoms with Crippen LogP contribution in [0.3, 0.4) is 0 Å². The first-order valence-electron chi connectivity index (χ1n) is 10.2. The Balaban J connectivity index is 2.05. The number of benzene rings is 2. The maximum absolute atomic E-state index is 13.1. The van der Waals surface area contributed by atoms with Gasteiger partial charge in [-0.15, -0.1) is 0 Å². The summed E-state index contributed by atoms with van der Waals surface area (Å²) in [7, 11) is 7.81. The van der Waals surface area contributed by atoms with Crippen LogP contribution in [0.2, 0.25) is 0 Å². The van der Waals surface area contributed by atoms with Gasteiger partial charge in [-0.25, -0.2) is 4.79 Å². The van der Waals surface area contributed by atoms with Crippen LogP contribution < -0.4 is 10.1 Å². The van der Waals surface area contributed by atoms with Gasteiger partial charge in [0, 0.05) is 18.5 Å². The van der Waals surface area contributed by atoms with E-state index in [4.69, 9.17) is 9.47 Å². The molecule has 5 nitrogen and oxygen atoms in total. The molecule has 0 amide bonds. The highest BCUT2D eigenvalue weighted by molar-refractivity contribution is 5.89. The summed E-state index contributed by atoms with van der Waals surface area (Å²) in [5.74, 6) is 0.653. The number of carbonyl (C=O) groups excluding carboxylic acids is 1. The molecule has 5 heteroatoms. The molecule has 29 heavy (non-hydrogen) atoms. The highest BCUT2D eigenvalue weighted by atomic mass is 16.6. The number of hydrogen-bond acceptors (Lipinski definition) is 5. The lowest BCUT2D eigenvalue weighted by molar-refractivity contribution is -0.0874. The Kier molecular flexibility index (Phi) is 6.93. The van der Waals surface area contributed by atoms with Gasteiger partial charge in [0.15, 0.2) is 0 Å². The molecule has 1 aliphatic rings. The predicted octanol–water partition coefficient (Wildman–Crippen LogP) is 3.70. The predicted molar refractivity (Wildman–Crippen MR) is 115 cm³/mol. The third-order valence-electron chi connectivity index (χ3n) is 5.93. The minimum absolute atomic E-state index is 0.156. The molecule has 0 aromatic heterocycles. The van der Waals surface area contributed by atoms with Crippen molar-refractivity contribution in [1.29, 1.82) is 0 Å². The second-order valence-electron chi connectivity index (χ2n) is 8.10. The Morgan fingerprint density at radius 2 is 1.93 bits per heavy atom. The lowest BCUT2D eigenvalue weighted by Crippen LogP contribution is -2.51. The topological polar surface area (TPSA) is 50.8 Å². The Morgan fingerprint density at radius 3 is 2.59 bits per heavy atom. The van der Waals surface area contributed by atoms with Gasteiger partial charge in [-0.1, -0.05) is 30.3 Å². The monoisotopic (exact) mass is 396 g/mol. The maximum Gasteiger partial charge on any atom is 0.339 e. The molecule has 1 aliphatic carbocycles. The van der Waals surface area contributed by atoms with E-state index in [2.05, 4.69) is 30.4 Å². The lowest BCUT2D eigenvalue weighted by atomic mass is 9.69. The molecule has 1 saturated carbocycles. The van der Waals surface area contributed by atoms with Crippen LogP contribution >= 0.6 is 0 Å². The first-order valence-corrected chi connectivity index (χ1v) is 10.2. The Bertz CT molecular complexity index is 809. The molecule has 2 aromatic carbocycles. The van der Waals surface area contributed by atoms with E-state index in [1.165, 1.54) is 0 Å².